The van der Waals surface area contributed by atoms with Crippen LogP contribution in [0.5, 0.6) is 0 Å². The minimum atomic E-state index is -0.0743. The molecule has 1 aromatic carbocycles. The number of nitrogens with one attached hydrogen (secondary N) is 1. The molecule has 1 nitrogen and oxygen atoms in total. The quantitative estimate of drug-likeness (QED) is 0.839. The summed E-state index contributed by atoms with van der Waals surface area (Å²) in [6.07, 6.45) is 4.85. The predicted molar refractivity (Wildman–Crippen MR) is 78.7 cm³/mol. The lowest BCUT2D eigenvalue weighted by Gasteiger charge is -2.38. The minimum absolute atomic E-state index is 0.0743. The maximum absolute atomic E-state index is 14.1. The molecule has 0 spiro atoms. The Morgan fingerprint density at radius 2 is 1.89 bits per heavy atom. The Bertz CT molecular complexity index is 429. The second kappa shape index (κ2) is 5.62. The molecule has 2 rings (SSSR count). The van der Waals surface area contributed by atoms with E-state index in [1.165, 1.54) is 25.7 Å². The van der Waals surface area contributed by atoms with E-state index in [9.17, 15) is 4.39 Å². The van der Waals surface area contributed by atoms with Crippen LogP contribution in [-0.2, 0) is 0 Å². The Morgan fingerprint density at radius 1 is 1.26 bits per heavy atom. The Balaban J connectivity index is 2.18. The van der Waals surface area contributed by atoms with Crippen molar-refractivity contribution in [2.24, 2.45) is 11.3 Å². The summed E-state index contributed by atoms with van der Waals surface area (Å²) in [7, 11) is 1.95. The van der Waals surface area contributed by atoms with Gasteiger partial charge in [-0.3, -0.25) is 0 Å². The Morgan fingerprint density at radius 3 is 2.47 bits per heavy atom. The Hall–Kier alpha value is -0.890. The monoisotopic (exact) mass is 263 g/mol. The summed E-state index contributed by atoms with van der Waals surface area (Å²) in [6, 6.07) is 5.59. The van der Waals surface area contributed by atoms with Crippen LogP contribution in [0.25, 0.3) is 0 Å². The molecule has 0 amide bonds. The lowest BCUT2D eigenvalue weighted by Crippen LogP contribution is -2.31. The summed E-state index contributed by atoms with van der Waals surface area (Å²) in [6.45, 7) is 6.70. The Kier molecular flexibility index (Phi) is 4.29. The fourth-order valence-electron chi connectivity index (χ4n) is 3.30. The van der Waals surface area contributed by atoms with Gasteiger partial charge in [0.2, 0.25) is 0 Å². The first-order chi connectivity index (χ1) is 8.93. The van der Waals surface area contributed by atoms with Gasteiger partial charge in [-0.1, -0.05) is 31.5 Å². The van der Waals surface area contributed by atoms with Gasteiger partial charge in [0.1, 0.15) is 5.82 Å². The van der Waals surface area contributed by atoms with Crippen molar-refractivity contribution in [3.05, 3.63) is 35.1 Å². The number of halogens is 1. The maximum Gasteiger partial charge on any atom is 0.128 e. The van der Waals surface area contributed by atoms with E-state index >= 15 is 0 Å². The summed E-state index contributed by atoms with van der Waals surface area (Å²) in [5.74, 6) is 0.476. The van der Waals surface area contributed by atoms with Crippen molar-refractivity contribution in [3.8, 4) is 0 Å². The van der Waals surface area contributed by atoms with Gasteiger partial charge in [0, 0.05) is 11.6 Å². The zero-order valence-corrected chi connectivity index (χ0v) is 12.6. The first-order valence-corrected chi connectivity index (χ1v) is 7.36. The van der Waals surface area contributed by atoms with Crippen molar-refractivity contribution in [2.45, 2.75) is 52.5 Å². The van der Waals surface area contributed by atoms with Gasteiger partial charge in [0.25, 0.3) is 0 Å². The molecule has 106 valence electrons. The number of benzene rings is 1. The van der Waals surface area contributed by atoms with Crippen LogP contribution < -0.4 is 5.32 Å². The highest BCUT2D eigenvalue weighted by atomic mass is 19.1. The first kappa shape index (κ1) is 14.5. The molecule has 0 saturated heterocycles. The van der Waals surface area contributed by atoms with Gasteiger partial charge in [-0.2, -0.15) is 0 Å². The third-order valence-corrected chi connectivity index (χ3v) is 4.65. The van der Waals surface area contributed by atoms with E-state index in [4.69, 9.17) is 0 Å². The fraction of sp³-hybridized carbons (Fsp3) is 0.647. The molecule has 1 aliphatic rings. The number of rotatable bonds is 3. The van der Waals surface area contributed by atoms with E-state index in [-0.39, 0.29) is 11.9 Å². The van der Waals surface area contributed by atoms with Gasteiger partial charge >= 0.3 is 0 Å². The van der Waals surface area contributed by atoms with Gasteiger partial charge in [0.15, 0.2) is 0 Å². The van der Waals surface area contributed by atoms with Crippen molar-refractivity contribution in [1.29, 1.82) is 0 Å². The van der Waals surface area contributed by atoms with Gasteiger partial charge in [-0.05, 0) is 57.1 Å². The lowest BCUT2D eigenvalue weighted by molar-refractivity contribution is 0.163. The van der Waals surface area contributed by atoms with E-state index in [1.807, 2.05) is 26.1 Å². The summed E-state index contributed by atoms with van der Waals surface area (Å²) in [4.78, 5) is 0. The molecule has 2 heteroatoms. The van der Waals surface area contributed by atoms with Crippen molar-refractivity contribution >= 4 is 0 Å². The normalized spacial score (nSPS) is 21.3. The SMILES string of the molecule is CNC(c1cc(C)ccc1F)C1CCC(C)(C)CC1. The van der Waals surface area contributed by atoms with Crippen molar-refractivity contribution < 1.29 is 4.39 Å². The van der Waals surface area contributed by atoms with Gasteiger partial charge in [0.05, 0.1) is 0 Å². The maximum atomic E-state index is 14.1. The topological polar surface area (TPSA) is 12.0 Å². The van der Waals surface area contributed by atoms with Gasteiger partial charge in [-0.25, -0.2) is 4.39 Å². The van der Waals surface area contributed by atoms with Crippen molar-refractivity contribution in [3.63, 3.8) is 0 Å². The number of hydrogen-bond acceptors (Lipinski definition) is 1. The van der Waals surface area contributed by atoms with Crippen LogP contribution in [-0.4, -0.2) is 7.05 Å². The highest BCUT2D eigenvalue weighted by Crippen LogP contribution is 2.43. The molecule has 0 heterocycles. The van der Waals surface area contributed by atoms with Crippen LogP contribution in [0.4, 0.5) is 4.39 Å². The molecule has 1 aliphatic carbocycles. The highest BCUT2D eigenvalue weighted by Gasteiger charge is 2.32. The zero-order valence-electron chi connectivity index (χ0n) is 12.6. The third kappa shape index (κ3) is 3.36. The van der Waals surface area contributed by atoms with E-state index in [0.717, 1.165) is 11.1 Å². The molecule has 0 radical (unpaired) electrons. The van der Waals surface area contributed by atoms with E-state index < -0.39 is 0 Å². The molecule has 1 unspecified atom stereocenters. The van der Waals surface area contributed by atoms with Crippen LogP contribution in [0.1, 0.15) is 56.7 Å². The molecule has 1 fully saturated rings. The predicted octanol–water partition coefficient (Wildman–Crippen LogP) is 4.61. The molecule has 0 aromatic heterocycles. The summed E-state index contributed by atoms with van der Waals surface area (Å²) < 4.78 is 14.1. The molecule has 1 N–H and O–H groups in total. The molecule has 1 atom stereocenters. The molecule has 19 heavy (non-hydrogen) atoms. The second-order valence-electron chi connectivity index (χ2n) is 6.79. The number of aryl methyl sites for hydroxylation is 1. The molecule has 1 saturated carbocycles. The molecule has 0 aliphatic heterocycles. The first-order valence-electron chi connectivity index (χ1n) is 7.36. The van der Waals surface area contributed by atoms with E-state index in [0.29, 0.717) is 11.3 Å². The largest absolute Gasteiger partial charge is 0.313 e. The van der Waals surface area contributed by atoms with E-state index in [1.54, 1.807) is 6.07 Å². The highest BCUT2D eigenvalue weighted by molar-refractivity contribution is 5.27. The minimum Gasteiger partial charge on any atom is -0.313 e. The van der Waals surface area contributed by atoms with E-state index in [2.05, 4.69) is 19.2 Å². The standard InChI is InChI=1S/C17H26FN/c1-12-5-6-15(18)14(11-12)16(19-4)13-7-9-17(2,3)10-8-13/h5-6,11,13,16,19H,7-10H2,1-4H3. The van der Waals surface area contributed by atoms with Gasteiger partial charge < -0.3 is 5.32 Å². The summed E-state index contributed by atoms with van der Waals surface area (Å²) >= 11 is 0. The third-order valence-electron chi connectivity index (χ3n) is 4.65. The van der Waals surface area contributed by atoms with Crippen LogP contribution in [0.2, 0.25) is 0 Å². The van der Waals surface area contributed by atoms with Crippen LogP contribution in [0.15, 0.2) is 18.2 Å². The van der Waals surface area contributed by atoms with Crippen LogP contribution in [0, 0.1) is 24.1 Å². The zero-order chi connectivity index (χ0) is 14.0. The van der Waals surface area contributed by atoms with Crippen molar-refractivity contribution in [1.82, 2.24) is 5.32 Å². The van der Waals surface area contributed by atoms with Crippen LogP contribution in [0.3, 0.4) is 0 Å². The fourth-order valence-corrected chi connectivity index (χ4v) is 3.30. The second-order valence-corrected chi connectivity index (χ2v) is 6.79. The Labute approximate surface area is 116 Å². The number of hydrogen-bond donors (Lipinski definition) is 1. The molecule has 0 bridgehead atoms. The summed E-state index contributed by atoms with van der Waals surface area (Å²) in [5, 5.41) is 3.34. The van der Waals surface area contributed by atoms with Crippen LogP contribution >= 0.6 is 0 Å². The molecule has 1 aromatic rings. The van der Waals surface area contributed by atoms with Crippen molar-refractivity contribution in [2.75, 3.05) is 7.05 Å². The smallest absolute Gasteiger partial charge is 0.128 e. The molecular weight excluding hydrogens is 237 g/mol. The lowest BCUT2D eigenvalue weighted by atomic mass is 9.70. The summed E-state index contributed by atoms with van der Waals surface area (Å²) in [5.41, 5.74) is 2.43. The average Bonchev–Trinajstić information content (AvgIpc) is 2.36. The van der Waals surface area contributed by atoms with Gasteiger partial charge in [-0.15, -0.1) is 0 Å². The average molecular weight is 263 g/mol. The molecular formula is C17H26FN.